The van der Waals surface area contributed by atoms with Crippen LogP contribution < -0.4 is 15.8 Å². The van der Waals surface area contributed by atoms with Gasteiger partial charge in [0.25, 0.3) is 11.6 Å². The molecule has 2 rings (SSSR count). The number of hydrogen-bond acceptors (Lipinski definition) is 6. The van der Waals surface area contributed by atoms with Crippen molar-refractivity contribution >= 4 is 23.4 Å². The van der Waals surface area contributed by atoms with Crippen molar-refractivity contribution in [1.29, 1.82) is 0 Å². The number of rotatable bonds is 4. The lowest BCUT2D eigenvalue weighted by Crippen LogP contribution is -2.43. The summed E-state index contributed by atoms with van der Waals surface area (Å²) in [4.78, 5) is 36.2. The Kier molecular flexibility index (Phi) is 6.15. The first-order valence-corrected chi connectivity index (χ1v) is 8.18. The number of nitrogens with one attached hydrogen (secondary N) is 2. The fourth-order valence-corrected chi connectivity index (χ4v) is 2.69. The Bertz CT molecular complexity index is 656. The number of hydrazine groups is 1. The molecular formula is C16H22N4O5. The van der Waals surface area contributed by atoms with Crippen molar-refractivity contribution in [1.82, 2.24) is 10.9 Å². The van der Waals surface area contributed by atoms with Crippen LogP contribution in [0.25, 0.3) is 0 Å². The maximum absolute atomic E-state index is 12.4. The average molecular weight is 350 g/mol. The van der Waals surface area contributed by atoms with E-state index >= 15 is 0 Å². The van der Waals surface area contributed by atoms with E-state index in [2.05, 4.69) is 22.5 Å². The summed E-state index contributed by atoms with van der Waals surface area (Å²) in [5, 5.41) is 11.0. The fraction of sp³-hybridized carbons (Fsp3) is 0.500. The van der Waals surface area contributed by atoms with Crippen LogP contribution in [-0.2, 0) is 4.74 Å². The van der Waals surface area contributed by atoms with Crippen LogP contribution >= 0.6 is 0 Å². The van der Waals surface area contributed by atoms with Crippen LogP contribution in [0, 0.1) is 16.0 Å². The predicted octanol–water partition coefficient (Wildman–Crippen LogP) is 2.22. The number of ether oxygens (including phenoxy) is 1. The Morgan fingerprint density at radius 3 is 2.60 bits per heavy atom. The Morgan fingerprint density at radius 2 is 2.00 bits per heavy atom. The highest BCUT2D eigenvalue weighted by Crippen LogP contribution is 2.29. The van der Waals surface area contributed by atoms with Crippen LogP contribution in [0.4, 0.5) is 16.2 Å². The molecule has 2 amide bonds. The van der Waals surface area contributed by atoms with Gasteiger partial charge in [0.15, 0.2) is 0 Å². The zero-order valence-corrected chi connectivity index (χ0v) is 14.3. The van der Waals surface area contributed by atoms with Crippen LogP contribution in [0.2, 0.25) is 0 Å². The molecule has 1 aliphatic heterocycles. The largest absolute Gasteiger partial charge is 0.449 e. The highest BCUT2D eigenvalue weighted by Gasteiger charge is 2.23. The lowest BCUT2D eigenvalue weighted by atomic mass is 9.98. The molecule has 0 spiro atoms. The summed E-state index contributed by atoms with van der Waals surface area (Å²) in [5.41, 5.74) is 4.91. The number of nitrogens with zero attached hydrogens (tertiary/aromatic N) is 2. The van der Waals surface area contributed by atoms with Crippen molar-refractivity contribution in [2.24, 2.45) is 5.92 Å². The van der Waals surface area contributed by atoms with E-state index in [4.69, 9.17) is 0 Å². The molecule has 136 valence electrons. The van der Waals surface area contributed by atoms with Crippen molar-refractivity contribution in [2.45, 2.75) is 26.7 Å². The van der Waals surface area contributed by atoms with Gasteiger partial charge in [-0.25, -0.2) is 10.2 Å². The summed E-state index contributed by atoms with van der Waals surface area (Å²) in [6, 6.07) is 4.17. The van der Waals surface area contributed by atoms with Gasteiger partial charge in [-0.3, -0.25) is 20.3 Å². The monoisotopic (exact) mass is 350 g/mol. The predicted molar refractivity (Wildman–Crippen MR) is 91.3 cm³/mol. The number of non-ortho nitro benzene ring substituents is 1. The van der Waals surface area contributed by atoms with Gasteiger partial charge < -0.3 is 9.64 Å². The molecule has 1 fully saturated rings. The summed E-state index contributed by atoms with van der Waals surface area (Å²) in [6.45, 7) is 5.51. The second-order valence-corrected chi connectivity index (χ2v) is 5.93. The van der Waals surface area contributed by atoms with Crippen LogP contribution in [0.5, 0.6) is 0 Å². The first-order valence-electron chi connectivity index (χ1n) is 8.18. The Balaban J connectivity index is 2.22. The van der Waals surface area contributed by atoms with Crippen LogP contribution in [0.15, 0.2) is 18.2 Å². The van der Waals surface area contributed by atoms with Gasteiger partial charge in [0.05, 0.1) is 22.8 Å². The first kappa shape index (κ1) is 18.5. The third-order valence-corrected chi connectivity index (χ3v) is 4.11. The smallest absolute Gasteiger partial charge is 0.426 e. The van der Waals surface area contributed by atoms with Crippen molar-refractivity contribution in [3.8, 4) is 0 Å². The fourth-order valence-electron chi connectivity index (χ4n) is 2.69. The number of carbonyl (C=O) groups excluding carboxylic acids is 2. The summed E-state index contributed by atoms with van der Waals surface area (Å²) in [7, 11) is 0. The molecule has 0 aliphatic carbocycles. The molecule has 1 aliphatic rings. The lowest BCUT2D eigenvalue weighted by molar-refractivity contribution is -0.384. The van der Waals surface area contributed by atoms with Gasteiger partial charge >= 0.3 is 6.09 Å². The third-order valence-electron chi connectivity index (χ3n) is 4.11. The van der Waals surface area contributed by atoms with Gasteiger partial charge in [0.1, 0.15) is 0 Å². The SMILES string of the molecule is CCOC(=O)NNC(=O)c1cc([N+](=O)[O-])ccc1N1CCC(C)CC1. The molecule has 1 saturated heterocycles. The Morgan fingerprint density at radius 1 is 1.32 bits per heavy atom. The molecule has 0 aromatic heterocycles. The number of amides is 2. The van der Waals surface area contributed by atoms with Crippen molar-refractivity contribution < 1.29 is 19.2 Å². The molecule has 0 atom stereocenters. The minimum Gasteiger partial charge on any atom is -0.449 e. The molecule has 2 N–H and O–H groups in total. The first-order chi connectivity index (χ1) is 11.9. The number of hydrogen-bond donors (Lipinski definition) is 2. The summed E-state index contributed by atoms with van der Waals surface area (Å²) >= 11 is 0. The highest BCUT2D eigenvalue weighted by molar-refractivity contribution is 6.01. The van der Waals surface area contributed by atoms with E-state index in [0.29, 0.717) is 11.6 Å². The van der Waals surface area contributed by atoms with E-state index < -0.39 is 16.9 Å². The van der Waals surface area contributed by atoms with Crippen molar-refractivity contribution in [3.05, 3.63) is 33.9 Å². The number of piperidine rings is 1. The van der Waals surface area contributed by atoms with Crippen LogP contribution in [0.1, 0.15) is 37.0 Å². The third kappa shape index (κ3) is 4.82. The van der Waals surface area contributed by atoms with Gasteiger partial charge in [-0.05, 0) is 31.7 Å². The van der Waals surface area contributed by atoms with E-state index in [1.807, 2.05) is 4.90 Å². The van der Waals surface area contributed by atoms with E-state index in [1.165, 1.54) is 12.1 Å². The van der Waals surface area contributed by atoms with Gasteiger partial charge in [-0.15, -0.1) is 0 Å². The molecule has 9 heteroatoms. The van der Waals surface area contributed by atoms with Crippen molar-refractivity contribution in [3.63, 3.8) is 0 Å². The highest BCUT2D eigenvalue weighted by atomic mass is 16.6. The topological polar surface area (TPSA) is 114 Å². The molecule has 1 aromatic carbocycles. The maximum atomic E-state index is 12.4. The molecule has 0 radical (unpaired) electrons. The zero-order chi connectivity index (χ0) is 18.4. The van der Waals surface area contributed by atoms with Gasteiger partial charge in [0.2, 0.25) is 0 Å². The molecule has 0 bridgehead atoms. The number of anilines is 1. The zero-order valence-electron chi connectivity index (χ0n) is 14.3. The number of carbonyl (C=O) groups is 2. The molecule has 1 heterocycles. The van der Waals surface area contributed by atoms with Crippen molar-refractivity contribution in [2.75, 3.05) is 24.6 Å². The molecule has 0 unspecified atom stereocenters. The molecule has 0 saturated carbocycles. The standard InChI is InChI=1S/C16H22N4O5/c1-3-25-16(22)18-17-15(21)13-10-12(20(23)24)4-5-14(13)19-8-6-11(2)7-9-19/h4-5,10-11H,3,6-9H2,1-2H3,(H,17,21)(H,18,22). The second kappa shape index (κ2) is 8.32. The number of nitro groups is 1. The van der Waals surface area contributed by atoms with E-state index in [1.54, 1.807) is 13.0 Å². The van der Waals surface area contributed by atoms with Gasteiger partial charge in [-0.1, -0.05) is 6.92 Å². The Hall–Kier alpha value is -2.84. The second-order valence-electron chi connectivity index (χ2n) is 5.93. The summed E-state index contributed by atoms with van der Waals surface area (Å²) in [6.07, 6.45) is 1.17. The van der Waals surface area contributed by atoms with E-state index in [-0.39, 0.29) is 17.9 Å². The summed E-state index contributed by atoms with van der Waals surface area (Å²) in [5.74, 6) is -0.0255. The van der Waals surface area contributed by atoms with E-state index in [0.717, 1.165) is 25.9 Å². The lowest BCUT2D eigenvalue weighted by Gasteiger charge is -2.33. The molecule has 9 nitrogen and oxygen atoms in total. The minimum atomic E-state index is -0.797. The summed E-state index contributed by atoms with van der Waals surface area (Å²) < 4.78 is 4.67. The molecular weight excluding hydrogens is 328 g/mol. The number of nitro benzene ring substituents is 1. The normalized spacial score (nSPS) is 14.7. The quantitative estimate of drug-likeness (QED) is 0.636. The molecule has 25 heavy (non-hydrogen) atoms. The van der Waals surface area contributed by atoms with Gasteiger partial charge in [-0.2, -0.15) is 0 Å². The Labute approximate surface area is 145 Å². The van der Waals surface area contributed by atoms with E-state index in [9.17, 15) is 19.7 Å². The maximum Gasteiger partial charge on any atom is 0.426 e. The van der Waals surface area contributed by atoms with Crippen LogP contribution in [0.3, 0.4) is 0 Å². The minimum absolute atomic E-state index is 0.139. The van der Waals surface area contributed by atoms with Gasteiger partial charge in [0, 0.05) is 25.2 Å². The average Bonchev–Trinajstić information content (AvgIpc) is 2.60. The number of benzene rings is 1. The van der Waals surface area contributed by atoms with Crippen LogP contribution in [-0.4, -0.2) is 36.6 Å². The molecule has 1 aromatic rings.